The largest absolute Gasteiger partial charge is 0.445 e. The van der Waals surface area contributed by atoms with Crippen LogP contribution in [-0.2, 0) is 4.74 Å². The molecule has 0 bridgehead atoms. The summed E-state index contributed by atoms with van der Waals surface area (Å²) < 4.78 is 4.79. The second-order valence-electron chi connectivity index (χ2n) is 9.27. The smallest absolute Gasteiger partial charge is 0.414 e. The third-order valence-corrected chi connectivity index (χ3v) is 7.27. The van der Waals surface area contributed by atoms with Crippen molar-refractivity contribution in [2.45, 2.75) is 91.1 Å². The summed E-state index contributed by atoms with van der Waals surface area (Å²) in [5.41, 5.74) is 0. The van der Waals surface area contributed by atoms with E-state index in [1.54, 1.807) is 17.2 Å². The maximum Gasteiger partial charge on any atom is 0.414 e. The fourth-order valence-electron chi connectivity index (χ4n) is 5.91. The second kappa shape index (κ2) is 14.1. The van der Waals surface area contributed by atoms with Gasteiger partial charge in [0.15, 0.2) is 0 Å². The number of nitrogens with zero attached hydrogens (tertiary/aromatic N) is 4. The molecule has 0 atom stereocenters. The van der Waals surface area contributed by atoms with E-state index in [2.05, 4.69) is 26.6 Å². The molecule has 190 valence electrons. The van der Waals surface area contributed by atoms with Gasteiger partial charge in [-0.2, -0.15) is 0 Å². The third kappa shape index (κ3) is 6.81. The van der Waals surface area contributed by atoms with Crippen LogP contribution in [0.3, 0.4) is 0 Å². The lowest BCUT2D eigenvalue weighted by Crippen LogP contribution is -2.65. The second-order valence-corrected chi connectivity index (χ2v) is 9.27. The van der Waals surface area contributed by atoms with Crippen LogP contribution < -0.4 is 5.32 Å². The van der Waals surface area contributed by atoms with Gasteiger partial charge in [-0.1, -0.05) is 33.6 Å². The van der Waals surface area contributed by atoms with Crippen LogP contribution in [0.25, 0.3) is 0 Å². The minimum Gasteiger partial charge on any atom is -0.445 e. The monoisotopic (exact) mass is 463 g/mol. The van der Waals surface area contributed by atoms with Crippen LogP contribution in [0, 0.1) is 0 Å². The van der Waals surface area contributed by atoms with Crippen molar-refractivity contribution in [3.05, 3.63) is 24.9 Å². The standard InChI is InChI=1S/C12H21N3.C8H11NO2.C4H9N.2CH4/c1-4-10-13(7-1)11-5-2-9-15(11)12-6-3-8-14(10)12;1-2-7-11-8(10)9-5-3-4-6-9;1-2-4-5-3-1;;/h10-12H,1-9H2;2-3,5H,1,4,6-7H2;5H,1-4H2;2*1H4. The summed E-state index contributed by atoms with van der Waals surface area (Å²) in [5, 5.41) is 3.22. The zero-order valence-corrected chi connectivity index (χ0v) is 19.1. The lowest BCUT2D eigenvalue weighted by molar-refractivity contribution is -0.124. The van der Waals surface area contributed by atoms with Crippen molar-refractivity contribution in [3.63, 3.8) is 0 Å². The lowest BCUT2D eigenvalue weighted by atomic mass is 10.2. The summed E-state index contributed by atoms with van der Waals surface area (Å²) in [6.45, 7) is 11.0. The van der Waals surface area contributed by atoms with E-state index in [1.165, 1.54) is 84.1 Å². The molecule has 0 aliphatic carbocycles. The number of hydrogen-bond donors (Lipinski definition) is 1. The molecule has 0 saturated carbocycles. The van der Waals surface area contributed by atoms with Gasteiger partial charge in [0.1, 0.15) is 6.61 Å². The van der Waals surface area contributed by atoms with Crippen molar-refractivity contribution in [2.24, 2.45) is 0 Å². The molecule has 0 spiro atoms. The molecule has 1 N–H and O–H groups in total. The van der Waals surface area contributed by atoms with Gasteiger partial charge in [-0.15, -0.1) is 0 Å². The van der Waals surface area contributed by atoms with Crippen molar-refractivity contribution in [2.75, 3.05) is 45.9 Å². The van der Waals surface area contributed by atoms with Crippen molar-refractivity contribution >= 4 is 6.09 Å². The third-order valence-electron chi connectivity index (χ3n) is 7.27. The lowest BCUT2D eigenvalue weighted by Gasteiger charge is -2.51. The number of amides is 1. The minimum absolute atomic E-state index is 0. The molecule has 5 fully saturated rings. The summed E-state index contributed by atoms with van der Waals surface area (Å²) in [6, 6.07) is 0. The zero-order chi connectivity index (χ0) is 21.5. The van der Waals surface area contributed by atoms with Crippen LogP contribution in [-0.4, -0.2) is 90.1 Å². The fraction of sp³-hybridized carbons (Fsp3) is 0.808. The number of hydrogen-bond acceptors (Lipinski definition) is 6. The van der Waals surface area contributed by atoms with Gasteiger partial charge in [0.25, 0.3) is 0 Å². The Morgan fingerprint density at radius 2 is 1.39 bits per heavy atom. The Hall–Kier alpha value is -1.41. The molecule has 7 nitrogen and oxygen atoms in total. The van der Waals surface area contributed by atoms with Crippen LogP contribution in [0.5, 0.6) is 0 Å². The van der Waals surface area contributed by atoms with Gasteiger partial charge < -0.3 is 10.1 Å². The maximum absolute atomic E-state index is 11.0. The molecule has 0 aromatic heterocycles. The first-order valence-electron chi connectivity index (χ1n) is 12.5. The SMILES string of the molecule is C.C.C1CC2N(C1)C1CCCN1C1CCCN21.C1CCNC1.C=CCOC(=O)N1C=CCC1. The van der Waals surface area contributed by atoms with E-state index >= 15 is 0 Å². The van der Waals surface area contributed by atoms with E-state index in [-0.39, 0.29) is 27.6 Å². The van der Waals surface area contributed by atoms with E-state index < -0.39 is 0 Å². The molecule has 0 radical (unpaired) electrons. The molecule has 0 unspecified atom stereocenters. The molecule has 6 aliphatic heterocycles. The highest BCUT2D eigenvalue weighted by molar-refractivity contribution is 5.69. The van der Waals surface area contributed by atoms with Crippen LogP contribution >= 0.6 is 0 Å². The average molecular weight is 464 g/mol. The highest BCUT2D eigenvalue weighted by atomic mass is 16.6. The minimum atomic E-state index is -0.293. The summed E-state index contributed by atoms with van der Waals surface area (Å²) in [4.78, 5) is 21.0. The molecule has 0 aromatic rings. The Kier molecular flexibility index (Phi) is 11.9. The summed E-state index contributed by atoms with van der Waals surface area (Å²) >= 11 is 0. The van der Waals surface area contributed by atoms with E-state index in [0.29, 0.717) is 0 Å². The van der Waals surface area contributed by atoms with E-state index in [0.717, 1.165) is 31.5 Å². The van der Waals surface area contributed by atoms with Gasteiger partial charge in [0, 0.05) is 32.4 Å². The number of ether oxygens (including phenoxy) is 1. The number of rotatable bonds is 2. The average Bonchev–Trinajstić information content (AvgIpc) is 3.63. The number of carbonyl (C=O) groups is 1. The van der Waals surface area contributed by atoms with Crippen molar-refractivity contribution < 1.29 is 9.53 Å². The molecular formula is C26H49N5O2. The Morgan fingerprint density at radius 3 is 1.76 bits per heavy atom. The Labute approximate surface area is 202 Å². The van der Waals surface area contributed by atoms with Crippen molar-refractivity contribution in [1.82, 2.24) is 24.9 Å². The Balaban J connectivity index is 0.000000190. The van der Waals surface area contributed by atoms with Crippen molar-refractivity contribution in [3.8, 4) is 0 Å². The predicted molar refractivity (Wildman–Crippen MR) is 137 cm³/mol. The van der Waals surface area contributed by atoms with Gasteiger partial charge in [0.05, 0.1) is 18.5 Å². The van der Waals surface area contributed by atoms with E-state index in [9.17, 15) is 4.79 Å². The molecular weight excluding hydrogens is 414 g/mol. The van der Waals surface area contributed by atoms with Gasteiger partial charge in [-0.25, -0.2) is 4.79 Å². The van der Waals surface area contributed by atoms with E-state index in [4.69, 9.17) is 4.74 Å². The maximum atomic E-state index is 11.0. The molecule has 6 rings (SSSR count). The first-order chi connectivity index (χ1) is 15.3. The molecule has 6 heterocycles. The summed E-state index contributed by atoms with van der Waals surface area (Å²) in [6.07, 6.45) is 19.7. The normalized spacial score (nSPS) is 29.9. The number of fused-ring (bicyclic) bond motifs is 6. The van der Waals surface area contributed by atoms with Gasteiger partial charge in [-0.05, 0) is 70.9 Å². The van der Waals surface area contributed by atoms with Crippen LogP contribution in [0.1, 0.15) is 72.6 Å². The fourth-order valence-corrected chi connectivity index (χ4v) is 5.91. The van der Waals surface area contributed by atoms with Crippen LogP contribution in [0.2, 0.25) is 0 Å². The molecule has 7 heteroatoms. The van der Waals surface area contributed by atoms with Gasteiger partial charge >= 0.3 is 6.09 Å². The molecule has 0 aromatic carbocycles. The number of carbonyl (C=O) groups excluding carboxylic acids is 1. The first-order valence-corrected chi connectivity index (χ1v) is 12.5. The first kappa shape index (κ1) is 27.8. The van der Waals surface area contributed by atoms with Crippen molar-refractivity contribution in [1.29, 1.82) is 0 Å². The predicted octanol–water partition coefficient (Wildman–Crippen LogP) is 4.44. The Morgan fingerprint density at radius 1 is 0.879 bits per heavy atom. The van der Waals surface area contributed by atoms with E-state index in [1.807, 2.05) is 6.08 Å². The summed E-state index contributed by atoms with van der Waals surface area (Å²) in [5.74, 6) is 0. The molecule has 5 saturated heterocycles. The summed E-state index contributed by atoms with van der Waals surface area (Å²) in [7, 11) is 0. The highest BCUT2D eigenvalue weighted by Gasteiger charge is 2.50. The Bertz CT molecular complexity index is 537. The quantitative estimate of drug-likeness (QED) is 0.611. The zero-order valence-electron chi connectivity index (χ0n) is 19.1. The molecule has 33 heavy (non-hydrogen) atoms. The van der Waals surface area contributed by atoms with Gasteiger partial charge in [-0.3, -0.25) is 19.6 Å². The molecule has 1 amide bonds. The van der Waals surface area contributed by atoms with Crippen LogP contribution in [0.4, 0.5) is 4.79 Å². The topological polar surface area (TPSA) is 51.3 Å². The van der Waals surface area contributed by atoms with Gasteiger partial charge in [0.2, 0.25) is 0 Å². The molecule has 6 aliphatic rings. The number of nitrogens with one attached hydrogen (secondary N) is 1. The highest BCUT2D eigenvalue weighted by Crippen LogP contribution is 2.41. The van der Waals surface area contributed by atoms with Crippen LogP contribution in [0.15, 0.2) is 24.9 Å².